The smallest absolute Gasteiger partial charge is 0.341 e. The van der Waals surface area contributed by atoms with Gasteiger partial charge in [0.2, 0.25) is 5.91 Å². The third-order valence-electron chi connectivity index (χ3n) is 4.44. The Kier molecular flexibility index (Phi) is 7.87. The lowest BCUT2D eigenvalue weighted by molar-refractivity contribution is -0.118. The average Bonchev–Trinajstić information content (AvgIpc) is 3.00. The number of likely N-dealkylation sites (tertiary alicyclic amines) is 1. The quantitative estimate of drug-likeness (QED) is 0.690. The first-order chi connectivity index (χ1) is 12.1. The summed E-state index contributed by atoms with van der Waals surface area (Å²) in [6.07, 6.45) is 4.72. The third kappa shape index (κ3) is 5.52. The lowest BCUT2D eigenvalue weighted by atomic mass is 10.00. The van der Waals surface area contributed by atoms with Gasteiger partial charge in [-0.15, -0.1) is 11.3 Å². The number of nitrogens with one attached hydrogen (secondary N) is 1. The number of hydrogen-bond donors (Lipinski definition) is 2. The maximum atomic E-state index is 12.5. The molecule has 1 saturated heterocycles. The molecule has 1 aliphatic heterocycles. The summed E-state index contributed by atoms with van der Waals surface area (Å²) >= 11 is 1.42. The topological polar surface area (TPSA) is 78.9 Å². The molecule has 1 amide bonds. The zero-order valence-electron chi connectivity index (χ0n) is 15.0. The van der Waals surface area contributed by atoms with Crippen molar-refractivity contribution in [2.45, 2.75) is 52.0 Å². The molecule has 1 aliphatic rings. The van der Waals surface area contributed by atoms with E-state index in [9.17, 15) is 14.7 Å². The second-order valence-corrected chi connectivity index (χ2v) is 7.35. The van der Waals surface area contributed by atoms with Gasteiger partial charge in [0, 0.05) is 17.5 Å². The Morgan fingerprint density at radius 2 is 2.20 bits per heavy atom. The van der Waals surface area contributed by atoms with Crippen molar-refractivity contribution < 1.29 is 19.4 Å². The van der Waals surface area contributed by atoms with Crippen molar-refractivity contribution in [2.24, 2.45) is 0 Å². The molecular formula is C18H28N2O4S. The van der Waals surface area contributed by atoms with Gasteiger partial charge in [0.1, 0.15) is 5.00 Å². The van der Waals surface area contributed by atoms with Crippen molar-refractivity contribution in [3.63, 3.8) is 0 Å². The number of esters is 1. The van der Waals surface area contributed by atoms with E-state index in [1.165, 1.54) is 11.3 Å². The first-order valence-corrected chi connectivity index (χ1v) is 9.85. The standard InChI is InChI=1S/C18H28N2O4S/c1-3-14-11-15(18(23)24-4-2)17(25-14)19-16(22)12-20-9-6-5-7-13(20)8-10-21/h11,13,21H,3-10,12H2,1-2H3,(H,19,22). The SMILES string of the molecule is CCOC(=O)c1cc(CC)sc1NC(=O)CN1CCCCC1CCO. The highest BCUT2D eigenvalue weighted by molar-refractivity contribution is 7.16. The summed E-state index contributed by atoms with van der Waals surface area (Å²) in [5.41, 5.74) is 0.433. The molecule has 0 aliphatic carbocycles. The number of piperidine rings is 1. The van der Waals surface area contributed by atoms with Gasteiger partial charge in [0.15, 0.2) is 0 Å². The molecule has 140 valence electrons. The van der Waals surface area contributed by atoms with Crippen molar-refractivity contribution in [1.29, 1.82) is 0 Å². The van der Waals surface area contributed by atoms with Crippen LogP contribution in [0.15, 0.2) is 6.07 Å². The number of carbonyl (C=O) groups excluding carboxylic acids is 2. The molecule has 0 spiro atoms. The Morgan fingerprint density at radius 3 is 2.88 bits per heavy atom. The molecule has 0 radical (unpaired) electrons. The van der Waals surface area contributed by atoms with E-state index in [-0.39, 0.29) is 25.1 Å². The number of amides is 1. The second kappa shape index (κ2) is 9.89. The van der Waals surface area contributed by atoms with Crippen LogP contribution >= 0.6 is 11.3 Å². The number of rotatable bonds is 8. The summed E-state index contributed by atoms with van der Waals surface area (Å²) in [5, 5.41) is 12.7. The molecule has 2 rings (SSSR count). The van der Waals surface area contributed by atoms with Crippen LogP contribution in [0.1, 0.15) is 54.8 Å². The molecule has 7 heteroatoms. The number of aryl methyl sites for hydroxylation is 1. The minimum Gasteiger partial charge on any atom is -0.462 e. The largest absolute Gasteiger partial charge is 0.462 e. The lowest BCUT2D eigenvalue weighted by Crippen LogP contribution is -2.44. The Hall–Kier alpha value is -1.44. The van der Waals surface area contributed by atoms with Gasteiger partial charge in [-0.25, -0.2) is 4.79 Å². The van der Waals surface area contributed by atoms with Gasteiger partial charge in [0.25, 0.3) is 0 Å². The van der Waals surface area contributed by atoms with Crippen LogP contribution in [0, 0.1) is 0 Å². The number of carbonyl (C=O) groups is 2. The van der Waals surface area contributed by atoms with Crippen molar-refractivity contribution in [3.8, 4) is 0 Å². The molecule has 1 atom stereocenters. The zero-order valence-corrected chi connectivity index (χ0v) is 15.9. The highest BCUT2D eigenvalue weighted by Crippen LogP contribution is 2.29. The Labute approximate surface area is 153 Å². The Bertz CT molecular complexity index is 586. The van der Waals surface area contributed by atoms with Crippen molar-refractivity contribution in [2.75, 3.05) is 31.6 Å². The molecule has 1 aromatic heterocycles. The van der Waals surface area contributed by atoms with Crippen LogP contribution in [-0.4, -0.2) is 54.2 Å². The number of aliphatic hydroxyl groups excluding tert-OH is 1. The van der Waals surface area contributed by atoms with Crippen LogP contribution in [0.5, 0.6) is 0 Å². The first kappa shape index (κ1) is 19.9. The number of anilines is 1. The van der Waals surface area contributed by atoms with Crippen LogP contribution in [0.3, 0.4) is 0 Å². The summed E-state index contributed by atoms with van der Waals surface area (Å²) in [6, 6.07) is 2.05. The molecule has 0 aromatic carbocycles. The van der Waals surface area contributed by atoms with E-state index in [1.54, 1.807) is 13.0 Å². The first-order valence-electron chi connectivity index (χ1n) is 9.03. The molecule has 0 saturated carbocycles. The number of aliphatic hydroxyl groups is 1. The molecule has 2 N–H and O–H groups in total. The van der Waals surface area contributed by atoms with Gasteiger partial charge < -0.3 is 15.2 Å². The number of hydrogen-bond acceptors (Lipinski definition) is 6. The highest BCUT2D eigenvalue weighted by Gasteiger charge is 2.25. The van der Waals surface area contributed by atoms with E-state index in [4.69, 9.17) is 4.74 Å². The van der Waals surface area contributed by atoms with Crippen LogP contribution in [-0.2, 0) is 16.0 Å². The zero-order chi connectivity index (χ0) is 18.2. The van der Waals surface area contributed by atoms with Gasteiger partial charge >= 0.3 is 5.97 Å². The molecule has 1 unspecified atom stereocenters. The summed E-state index contributed by atoms with van der Waals surface area (Å²) in [4.78, 5) is 27.8. The fraction of sp³-hybridized carbons (Fsp3) is 0.667. The van der Waals surface area contributed by atoms with Crippen molar-refractivity contribution >= 4 is 28.2 Å². The molecule has 2 heterocycles. The molecule has 1 fully saturated rings. The lowest BCUT2D eigenvalue weighted by Gasteiger charge is -2.34. The molecular weight excluding hydrogens is 340 g/mol. The van der Waals surface area contributed by atoms with Crippen molar-refractivity contribution in [3.05, 3.63) is 16.5 Å². The van der Waals surface area contributed by atoms with Gasteiger partial charge in [-0.3, -0.25) is 9.69 Å². The summed E-state index contributed by atoms with van der Waals surface area (Å²) in [6.45, 7) is 5.38. The van der Waals surface area contributed by atoms with Gasteiger partial charge in [-0.1, -0.05) is 13.3 Å². The molecule has 6 nitrogen and oxygen atoms in total. The van der Waals surface area contributed by atoms with Crippen LogP contribution < -0.4 is 5.32 Å². The third-order valence-corrected chi connectivity index (χ3v) is 5.63. The molecule has 1 aromatic rings. The molecule has 0 bridgehead atoms. The van der Waals surface area contributed by atoms with Crippen LogP contribution in [0.25, 0.3) is 0 Å². The summed E-state index contributed by atoms with van der Waals surface area (Å²) < 4.78 is 5.09. The monoisotopic (exact) mass is 368 g/mol. The normalized spacial score (nSPS) is 18.1. The minimum absolute atomic E-state index is 0.125. The summed E-state index contributed by atoms with van der Waals surface area (Å²) in [5.74, 6) is -0.523. The Morgan fingerprint density at radius 1 is 1.40 bits per heavy atom. The van der Waals surface area contributed by atoms with E-state index >= 15 is 0 Å². The summed E-state index contributed by atoms with van der Waals surface area (Å²) in [7, 11) is 0. The second-order valence-electron chi connectivity index (χ2n) is 6.21. The predicted molar refractivity (Wildman–Crippen MR) is 99.2 cm³/mol. The fourth-order valence-electron chi connectivity index (χ4n) is 3.16. The number of thiophene rings is 1. The predicted octanol–water partition coefficient (Wildman–Crippen LogP) is 2.66. The Balaban J connectivity index is 2.04. The van der Waals surface area contributed by atoms with Gasteiger partial charge in [-0.05, 0) is 45.2 Å². The average molecular weight is 368 g/mol. The maximum absolute atomic E-state index is 12.5. The van der Waals surface area contributed by atoms with E-state index < -0.39 is 5.97 Å². The van der Waals surface area contributed by atoms with Gasteiger partial charge in [0.05, 0.1) is 18.7 Å². The molecule has 25 heavy (non-hydrogen) atoms. The van der Waals surface area contributed by atoms with Crippen LogP contribution in [0.2, 0.25) is 0 Å². The van der Waals surface area contributed by atoms with E-state index in [1.807, 2.05) is 6.92 Å². The minimum atomic E-state index is -0.398. The van der Waals surface area contributed by atoms with E-state index in [0.29, 0.717) is 23.6 Å². The van der Waals surface area contributed by atoms with E-state index in [2.05, 4.69) is 10.2 Å². The van der Waals surface area contributed by atoms with Crippen LogP contribution in [0.4, 0.5) is 5.00 Å². The highest BCUT2D eigenvalue weighted by atomic mass is 32.1. The number of ether oxygens (including phenoxy) is 1. The number of nitrogens with zero attached hydrogens (tertiary/aromatic N) is 1. The maximum Gasteiger partial charge on any atom is 0.341 e. The van der Waals surface area contributed by atoms with E-state index in [0.717, 1.165) is 37.1 Å². The van der Waals surface area contributed by atoms with Gasteiger partial charge in [-0.2, -0.15) is 0 Å². The fourth-order valence-corrected chi connectivity index (χ4v) is 4.16. The van der Waals surface area contributed by atoms with Crippen molar-refractivity contribution in [1.82, 2.24) is 4.90 Å².